The number of imidazole rings is 1. The minimum Gasteiger partial charge on any atom is -0.504 e. The van der Waals surface area contributed by atoms with E-state index in [1.54, 1.807) is 19.2 Å². The Bertz CT molecular complexity index is 996. The highest BCUT2D eigenvalue weighted by Gasteiger charge is 2.15. The number of hydrogen-bond donors (Lipinski definition) is 2. The van der Waals surface area contributed by atoms with Crippen molar-refractivity contribution in [2.24, 2.45) is 14.1 Å². The zero-order chi connectivity index (χ0) is 16.0. The first-order valence-electron chi connectivity index (χ1n) is 6.47. The van der Waals surface area contributed by atoms with Gasteiger partial charge in [0.1, 0.15) is 11.3 Å². The molecule has 0 saturated heterocycles. The largest absolute Gasteiger partial charge is 0.504 e. The molecule has 0 atom stereocenters. The van der Waals surface area contributed by atoms with E-state index in [-0.39, 0.29) is 16.9 Å². The average Bonchev–Trinajstić information content (AvgIpc) is 2.96. The molecule has 2 N–H and O–H groups in total. The van der Waals surface area contributed by atoms with E-state index in [0.717, 1.165) is 4.57 Å². The van der Waals surface area contributed by atoms with Gasteiger partial charge in [-0.1, -0.05) is 0 Å². The van der Waals surface area contributed by atoms with E-state index >= 15 is 0 Å². The van der Waals surface area contributed by atoms with Crippen LogP contribution < -0.4 is 16.0 Å². The van der Waals surface area contributed by atoms with Gasteiger partial charge in [-0.3, -0.25) is 13.9 Å². The van der Waals surface area contributed by atoms with Gasteiger partial charge in [0.25, 0.3) is 5.56 Å². The van der Waals surface area contributed by atoms with Gasteiger partial charge in [0.05, 0.1) is 7.11 Å². The number of aryl methyl sites for hydroxylation is 1. The van der Waals surface area contributed by atoms with Gasteiger partial charge < -0.3 is 14.8 Å². The summed E-state index contributed by atoms with van der Waals surface area (Å²) in [6.07, 6.45) is 0. The molecule has 1 aromatic carbocycles. The third-order valence-electron chi connectivity index (χ3n) is 3.55. The summed E-state index contributed by atoms with van der Waals surface area (Å²) in [5.41, 5.74) is 0.253. The van der Waals surface area contributed by atoms with E-state index in [1.807, 2.05) is 0 Å². The molecule has 0 fully saturated rings. The Morgan fingerprint density at radius 1 is 1.23 bits per heavy atom. The quantitative estimate of drug-likeness (QED) is 0.711. The van der Waals surface area contributed by atoms with Crippen LogP contribution in [0, 0.1) is 0 Å². The number of hydrogen-bond acceptors (Lipinski definition) is 5. The summed E-state index contributed by atoms with van der Waals surface area (Å²) < 4.78 is 7.37. The number of phenols is 1. The summed E-state index contributed by atoms with van der Waals surface area (Å²) in [5.74, 6) is 0.706. The molecule has 0 aliphatic heterocycles. The van der Waals surface area contributed by atoms with Crippen LogP contribution in [0.15, 0.2) is 27.8 Å². The topological polar surface area (TPSA) is 102 Å². The van der Waals surface area contributed by atoms with Gasteiger partial charge in [0.2, 0.25) is 0 Å². The minimum absolute atomic E-state index is 0.00525. The first-order valence-corrected chi connectivity index (χ1v) is 6.47. The lowest BCUT2D eigenvalue weighted by Gasteiger charge is -2.04. The van der Waals surface area contributed by atoms with Crippen LogP contribution in [0.2, 0.25) is 0 Å². The van der Waals surface area contributed by atoms with Crippen molar-refractivity contribution in [1.29, 1.82) is 0 Å². The number of phenolic OH excluding ortho intramolecular Hbond substituents is 1. The molecule has 0 aliphatic rings. The van der Waals surface area contributed by atoms with Crippen LogP contribution >= 0.6 is 0 Å². The van der Waals surface area contributed by atoms with Gasteiger partial charge in [0, 0.05) is 19.7 Å². The number of aromatic nitrogens is 4. The standard InChI is InChI=1S/C14H14N4O4/c1-17-12-10(13(20)18(2)14(17)21)15-11(16-12)7-4-5-8(19)9(6-7)22-3/h4-6,19H,1-3H3,(H,15,16). The van der Waals surface area contributed by atoms with Crippen LogP contribution in [0.25, 0.3) is 22.6 Å². The van der Waals surface area contributed by atoms with Gasteiger partial charge in [0.15, 0.2) is 17.1 Å². The van der Waals surface area contributed by atoms with Crippen LogP contribution in [0.5, 0.6) is 11.5 Å². The zero-order valence-corrected chi connectivity index (χ0v) is 12.2. The number of nitrogens with zero attached hydrogens (tertiary/aromatic N) is 3. The number of benzene rings is 1. The van der Waals surface area contributed by atoms with Crippen molar-refractivity contribution in [2.75, 3.05) is 7.11 Å². The maximum Gasteiger partial charge on any atom is 0.332 e. The molecule has 0 spiro atoms. The predicted molar refractivity (Wildman–Crippen MR) is 80.2 cm³/mol. The lowest BCUT2D eigenvalue weighted by Crippen LogP contribution is -2.36. The molecule has 8 nitrogen and oxygen atoms in total. The van der Waals surface area contributed by atoms with Gasteiger partial charge in [-0.25, -0.2) is 9.78 Å². The Balaban J connectivity index is 2.30. The third-order valence-corrected chi connectivity index (χ3v) is 3.55. The molecule has 3 rings (SSSR count). The Kier molecular flexibility index (Phi) is 3.01. The van der Waals surface area contributed by atoms with Crippen molar-refractivity contribution < 1.29 is 9.84 Å². The van der Waals surface area contributed by atoms with Crippen molar-refractivity contribution in [3.05, 3.63) is 39.0 Å². The zero-order valence-electron chi connectivity index (χ0n) is 12.2. The highest BCUT2D eigenvalue weighted by molar-refractivity contribution is 5.76. The Morgan fingerprint density at radius 2 is 1.95 bits per heavy atom. The summed E-state index contributed by atoms with van der Waals surface area (Å²) in [4.78, 5) is 31.3. The number of rotatable bonds is 2. The van der Waals surface area contributed by atoms with Crippen molar-refractivity contribution in [3.8, 4) is 22.9 Å². The van der Waals surface area contributed by atoms with Crippen molar-refractivity contribution >= 4 is 11.2 Å². The molecule has 2 aromatic heterocycles. The number of aromatic amines is 1. The summed E-state index contributed by atoms with van der Waals surface area (Å²) in [5, 5.41) is 9.63. The third kappa shape index (κ3) is 1.88. The predicted octanol–water partition coefficient (Wildman–Crippen LogP) is 0.341. The molecule has 0 saturated carbocycles. The number of methoxy groups -OCH3 is 1. The number of aromatic hydroxyl groups is 1. The fourth-order valence-electron chi connectivity index (χ4n) is 2.29. The lowest BCUT2D eigenvalue weighted by atomic mass is 10.2. The minimum atomic E-state index is -0.446. The second-order valence-corrected chi connectivity index (χ2v) is 4.88. The maximum absolute atomic E-state index is 12.1. The van der Waals surface area contributed by atoms with Crippen LogP contribution in [0.4, 0.5) is 0 Å². The van der Waals surface area contributed by atoms with Crippen LogP contribution in [-0.4, -0.2) is 31.3 Å². The average molecular weight is 302 g/mol. The van der Waals surface area contributed by atoms with E-state index in [9.17, 15) is 14.7 Å². The second kappa shape index (κ2) is 4.76. The van der Waals surface area contributed by atoms with Gasteiger partial charge in [-0.05, 0) is 18.2 Å². The highest BCUT2D eigenvalue weighted by atomic mass is 16.5. The first kappa shape index (κ1) is 13.9. The highest BCUT2D eigenvalue weighted by Crippen LogP contribution is 2.30. The molecule has 0 unspecified atom stereocenters. The number of ether oxygens (including phenoxy) is 1. The van der Waals surface area contributed by atoms with Crippen molar-refractivity contribution in [1.82, 2.24) is 19.1 Å². The Labute approximate surface area is 124 Å². The normalized spacial score (nSPS) is 11.0. The smallest absolute Gasteiger partial charge is 0.332 e. The molecule has 2 heterocycles. The molecule has 22 heavy (non-hydrogen) atoms. The summed E-state index contributed by atoms with van der Waals surface area (Å²) >= 11 is 0. The summed E-state index contributed by atoms with van der Waals surface area (Å²) in [7, 11) is 4.40. The molecule has 0 bridgehead atoms. The van der Waals surface area contributed by atoms with Gasteiger partial charge in [-0.15, -0.1) is 0 Å². The Hall–Kier alpha value is -3.03. The maximum atomic E-state index is 12.1. The first-order chi connectivity index (χ1) is 10.4. The molecule has 0 amide bonds. The lowest BCUT2D eigenvalue weighted by molar-refractivity contribution is 0.373. The van der Waals surface area contributed by atoms with Crippen LogP contribution in [-0.2, 0) is 14.1 Å². The van der Waals surface area contributed by atoms with Crippen molar-refractivity contribution in [3.63, 3.8) is 0 Å². The van der Waals surface area contributed by atoms with E-state index in [4.69, 9.17) is 4.74 Å². The van der Waals surface area contributed by atoms with E-state index < -0.39 is 11.2 Å². The molecule has 114 valence electrons. The summed E-state index contributed by atoms with van der Waals surface area (Å²) in [6, 6.07) is 4.70. The van der Waals surface area contributed by atoms with Crippen molar-refractivity contribution in [2.45, 2.75) is 0 Å². The monoisotopic (exact) mass is 302 g/mol. The molecule has 3 aromatic rings. The van der Waals surface area contributed by atoms with Crippen LogP contribution in [0.1, 0.15) is 0 Å². The molecular formula is C14H14N4O4. The number of nitrogens with one attached hydrogen (secondary N) is 1. The Morgan fingerprint density at radius 3 is 2.64 bits per heavy atom. The molecular weight excluding hydrogens is 288 g/mol. The molecule has 8 heteroatoms. The fourth-order valence-corrected chi connectivity index (χ4v) is 2.29. The second-order valence-electron chi connectivity index (χ2n) is 4.88. The SMILES string of the molecule is COc1cc(-c2nc3c([nH]2)c(=O)n(C)c(=O)n3C)ccc1O. The van der Waals surface area contributed by atoms with E-state index in [0.29, 0.717) is 17.1 Å². The van der Waals surface area contributed by atoms with E-state index in [2.05, 4.69) is 9.97 Å². The number of H-pyrrole nitrogens is 1. The molecule has 0 radical (unpaired) electrons. The molecule has 0 aliphatic carbocycles. The number of fused-ring (bicyclic) bond motifs is 1. The van der Waals surface area contributed by atoms with Gasteiger partial charge >= 0.3 is 5.69 Å². The van der Waals surface area contributed by atoms with Crippen LogP contribution in [0.3, 0.4) is 0 Å². The fraction of sp³-hybridized carbons (Fsp3) is 0.214. The van der Waals surface area contributed by atoms with E-state index in [1.165, 1.54) is 24.8 Å². The summed E-state index contributed by atoms with van der Waals surface area (Å²) in [6.45, 7) is 0. The van der Waals surface area contributed by atoms with Gasteiger partial charge in [-0.2, -0.15) is 0 Å².